The van der Waals surface area contributed by atoms with E-state index in [-0.39, 0.29) is 6.42 Å². The number of para-hydroxylation sites is 2. The molecule has 1 N–H and O–H groups in total. The van der Waals surface area contributed by atoms with Gasteiger partial charge >= 0.3 is 5.97 Å². The Bertz CT molecular complexity index is 669. The molecule has 0 heterocycles. The number of carbonyl (C=O) groups is 1. The number of aryl methyl sites for hydroxylation is 1. The first-order chi connectivity index (χ1) is 10.5. The zero-order chi connectivity index (χ0) is 16.1. The van der Waals surface area contributed by atoms with E-state index < -0.39 is 12.1 Å². The highest BCUT2D eigenvalue weighted by molar-refractivity contribution is 6.30. The van der Waals surface area contributed by atoms with Gasteiger partial charge in [-0.15, -0.1) is 0 Å². The average Bonchev–Trinajstić information content (AvgIpc) is 2.49. The number of halogens is 1. The van der Waals surface area contributed by atoms with Crippen molar-refractivity contribution in [1.29, 1.82) is 0 Å². The van der Waals surface area contributed by atoms with Gasteiger partial charge in [0, 0.05) is 11.4 Å². The van der Waals surface area contributed by atoms with Crippen LogP contribution in [0.25, 0.3) is 0 Å². The Hall–Kier alpha value is -2.20. The van der Waals surface area contributed by atoms with Crippen LogP contribution in [0.4, 0.5) is 0 Å². The Morgan fingerprint density at radius 1 is 1.23 bits per heavy atom. The van der Waals surface area contributed by atoms with Crippen LogP contribution in [0, 0.1) is 6.92 Å². The van der Waals surface area contributed by atoms with Crippen molar-refractivity contribution in [3.8, 4) is 11.5 Å². The number of benzene rings is 2. The molecular weight excluding hydrogens is 304 g/mol. The molecule has 2 rings (SSSR count). The molecule has 0 aliphatic heterocycles. The van der Waals surface area contributed by atoms with E-state index in [0.29, 0.717) is 16.5 Å². The summed E-state index contributed by atoms with van der Waals surface area (Å²) in [6, 6.07) is 12.3. The van der Waals surface area contributed by atoms with E-state index in [1.165, 1.54) is 7.11 Å². The van der Waals surface area contributed by atoms with Crippen LogP contribution in [0.5, 0.6) is 11.5 Å². The van der Waals surface area contributed by atoms with Gasteiger partial charge in [0.2, 0.25) is 0 Å². The van der Waals surface area contributed by atoms with Crippen molar-refractivity contribution in [3.05, 3.63) is 58.6 Å². The fraction of sp³-hybridized carbons (Fsp3) is 0.235. The summed E-state index contributed by atoms with van der Waals surface area (Å²) in [7, 11) is 1.52. The van der Waals surface area contributed by atoms with E-state index in [9.17, 15) is 9.90 Å². The van der Waals surface area contributed by atoms with Crippen LogP contribution >= 0.6 is 11.6 Å². The predicted octanol–water partition coefficient (Wildman–Crippen LogP) is 3.73. The molecule has 116 valence electrons. The Kier molecular flexibility index (Phi) is 5.28. The summed E-state index contributed by atoms with van der Waals surface area (Å²) >= 11 is 5.92. The summed E-state index contributed by atoms with van der Waals surface area (Å²) in [6.45, 7) is 1.89. The molecule has 0 saturated carbocycles. The maximum atomic E-state index is 11.5. The van der Waals surface area contributed by atoms with Gasteiger partial charge in [-0.1, -0.05) is 29.8 Å². The number of aliphatic carboxylic acids is 1. The van der Waals surface area contributed by atoms with Crippen LogP contribution in [-0.2, 0) is 11.2 Å². The molecular formula is C17H17ClO4. The second kappa shape index (κ2) is 7.18. The summed E-state index contributed by atoms with van der Waals surface area (Å²) < 4.78 is 10.8. The highest BCUT2D eigenvalue weighted by Crippen LogP contribution is 2.28. The van der Waals surface area contributed by atoms with Gasteiger partial charge in [-0.3, -0.25) is 0 Å². The Morgan fingerprint density at radius 3 is 2.50 bits per heavy atom. The number of carboxylic acids is 1. The van der Waals surface area contributed by atoms with Gasteiger partial charge < -0.3 is 14.6 Å². The van der Waals surface area contributed by atoms with E-state index in [4.69, 9.17) is 21.1 Å². The number of rotatable bonds is 6. The fourth-order valence-electron chi connectivity index (χ4n) is 2.14. The number of carboxylic acid groups (broad SMARTS) is 1. The number of hydrogen-bond acceptors (Lipinski definition) is 3. The summed E-state index contributed by atoms with van der Waals surface area (Å²) in [4.78, 5) is 11.5. The van der Waals surface area contributed by atoms with Gasteiger partial charge in [-0.05, 0) is 42.3 Å². The van der Waals surface area contributed by atoms with Crippen molar-refractivity contribution in [2.24, 2.45) is 0 Å². The summed E-state index contributed by atoms with van der Waals surface area (Å²) in [5.41, 5.74) is 1.81. The predicted molar refractivity (Wildman–Crippen MR) is 84.9 cm³/mol. The standard InChI is InChI=1S/C17H17ClO4/c1-11-9-13(18)8-7-12(11)10-16(17(19)20)22-15-6-4-3-5-14(15)21-2/h3-9,16H,10H2,1-2H3,(H,19,20)/t16-/m1/s1. The zero-order valence-electron chi connectivity index (χ0n) is 12.4. The summed E-state index contributed by atoms with van der Waals surface area (Å²) in [6.07, 6.45) is -0.757. The third kappa shape index (κ3) is 3.92. The Morgan fingerprint density at radius 2 is 1.91 bits per heavy atom. The largest absolute Gasteiger partial charge is 0.493 e. The van der Waals surface area contributed by atoms with Crippen molar-refractivity contribution in [1.82, 2.24) is 0 Å². The lowest BCUT2D eigenvalue weighted by atomic mass is 10.0. The third-order valence-corrected chi connectivity index (χ3v) is 3.56. The van der Waals surface area contributed by atoms with E-state index in [1.807, 2.05) is 13.0 Å². The van der Waals surface area contributed by atoms with Gasteiger partial charge in [0.1, 0.15) is 0 Å². The Labute approximate surface area is 134 Å². The second-order valence-corrected chi connectivity index (χ2v) is 5.31. The maximum Gasteiger partial charge on any atom is 0.345 e. The average molecular weight is 321 g/mol. The normalized spacial score (nSPS) is 11.8. The van der Waals surface area contributed by atoms with Crippen LogP contribution in [0.15, 0.2) is 42.5 Å². The van der Waals surface area contributed by atoms with Gasteiger partial charge in [0.25, 0.3) is 0 Å². The highest BCUT2D eigenvalue weighted by Gasteiger charge is 2.22. The quantitative estimate of drug-likeness (QED) is 0.881. The van der Waals surface area contributed by atoms with Crippen molar-refractivity contribution in [2.45, 2.75) is 19.4 Å². The van der Waals surface area contributed by atoms with Crippen LogP contribution < -0.4 is 9.47 Å². The van der Waals surface area contributed by atoms with Crippen molar-refractivity contribution in [3.63, 3.8) is 0 Å². The highest BCUT2D eigenvalue weighted by atomic mass is 35.5. The molecule has 0 saturated heterocycles. The topological polar surface area (TPSA) is 55.8 Å². The van der Waals surface area contributed by atoms with Crippen LogP contribution in [0.3, 0.4) is 0 Å². The molecule has 0 radical (unpaired) electrons. The lowest BCUT2D eigenvalue weighted by Crippen LogP contribution is -2.29. The van der Waals surface area contributed by atoms with Crippen molar-refractivity contribution in [2.75, 3.05) is 7.11 Å². The molecule has 0 unspecified atom stereocenters. The van der Waals surface area contributed by atoms with Gasteiger partial charge in [0.15, 0.2) is 17.6 Å². The minimum atomic E-state index is -1.03. The molecule has 0 aromatic heterocycles. The SMILES string of the molecule is COc1ccccc1O[C@H](Cc1ccc(Cl)cc1C)C(=O)O. The van der Waals surface area contributed by atoms with Crippen LogP contribution in [0.2, 0.25) is 5.02 Å². The van der Waals surface area contributed by atoms with Crippen molar-refractivity contribution < 1.29 is 19.4 Å². The van der Waals surface area contributed by atoms with Crippen molar-refractivity contribution >= 4 is 17.6 Å². The molecule has 0 aliphatic carbocycles. The second-order valence-electron chi connectivity index (χ2n) is 4.87. The van der Waals surface area contributed by atoms with Gasteiger partial charge in [-0.2, -0.15) is 0 Å². The first-order valence-electron chi connectivity index (χ1n) is 6.78. The molecule has 0 fully saturated rings. The minimum absolute atomic E-state index is 0.246. The molecule has 0 bridgehead atoms. The molecule has 1 atom stereocenters. The number of methoxy groups -OCH3 is 1. The number of hydrogen-bond donors (Lipinski definition) is 1. The molecule has 4 nitrogen and oxygen atoms in total. The van der Waals surface area contributed by atoms with Gasteiger partial charge in [0.05, 0.1) is 7.11 Å². The van der Waals surface area contributed by atoms with E-state index in [0.717, 1.165) is 11.1 Å². The number of ether oxygens (including phenoxy) is 2. The Balaban J connectivity index is 2.22. The fourth-order valence-corrected chi connectivity index (χ4v) is 2.36. The van der Waals surface area contributed by atoms with Crippen LogP contribution in [-0.4, -0.2) is 24.3 Å². The molecule has 2 aromatic rings. The van der Waals surface area contributed by atoms with E-state index >= 15 is 0 Å². The smallest absolute Gasteiger partial charge is 0.345 e. The molecule has 22 heavy (non-hydrogen) atoms. The van der Waals surface area contributed by atoms with E-state index in [1.54, 1.807) is 36.4 Å². The summed E-state index contributed by atoms with van der Waals surface area (Å²) in [5.74, 6) is -0.120. The van der Waals surface area contributed by atoms with Crippen LogP contribution in [0.1, 0.15) is 11.1 Å². The zero-order valence-corrected chi connectivity index (χ0v) is 13.1. The van der Waals surface area contributed by atoms with Gasteiger partial charge in [-0.25, -0.2) is 4.79 Å². The summed E-state index contributed by atoms with van der Waals surface area (Å²) in [5, 5.41) is 10.0. The lowest BCUT2D eigenvalue weighted by Gasteiger charge is -2.18. The third-order valence-electron chi connectivity index (χ3n) is 3.32. The molecule has 5 heteroatoms. The monoisotopic (exact) mass is 320 g/mol. The first kappa shape index (κ1) is 16.2. The molecule has 0 spiro atoms. The minimum Gasteiger partial charge on any atom is -0.493 e. The molecule has 0 aliphatic rings. The lowest BCUT2D eigenvalue weighted by molar-refractivity contribution is -0.145. The molecule has 2 aromatic carbocycles. The maximum absolute atomic E-state index is 11.5. The molecule has 0 amide bonds. The van der Waals surface area contributed by atoms with E-state index in [2.05, 4.69) is 0 Å². The first-order valence-corrected chi connectivity index (χ1v) is 7.16.